The van der Waals surface area contributed by atoms with Crippen LogP contribution in [-0.4, -0.2) is 41.4 Å². The molecule has 0 aromatic heterocycles. The summed E-state index contributed by atoms with van der Waals surface area (Å²) in [5, 5.41) is 3.20. The Morgan fingerprint density at radius 3 is 2.50 bits per heavy atom. The highest BCUT2D eigenvalue weighted by molar-refractivity contribution is 5.79. The minimum Gasteiger partial charge on any atom is -0.487 e. The molecule has 1 atom stereocenters. The number of likely N-dealkylation sites (tertiary alicyclic amines) is 1. The zero-order valence-electron chi connectivity index (χ0n) is 18.5. The molecule has 164 valence electrons. The highest BCUT2D eigenvalue weighted by Crippen LogP contribution is 2.46. The molecule has 1 aliphatic carbocycles. The standard InChI is InChI=1S/C25H36N2O3/c1-3-18(4-2)24(29)27-14-12-25(13-15-27)17-19(16-23(28)26-20-8-7-9-20)21-10-5-6-11-22(21)30-25/h5-6,10-11,18-20H,3-4,7-9,12-17H2,1-2H3,(H,26,28). The molecule has 0 radical (unpaired) electrons. The van der Waals surface area contributed by atoms with Crippen molar-refractivity contribution in [2.24, 2.45) is 5.92 Å². The Hall–Kier alpha value is -2.04. The molecule has 1 aromatic rings. The van der Waals surface area contributed by atoms with Crippen molar-refractivity contribution >= 4 is 11.8 Å². The fraction of sp³-hybridized carbons (Fsp3) is 0.680. The van der Waals surface area contributed by atoms with Crippen LogP contribution in [0.25, 0.3) is 0 Å². The molecule has 0 bridgehead atoms. The van der Waals surface area contributed by atoms with Crippen molar-refractivity contribution < 1.29 is 14.3 Å². The summed E-state index contributed by atoms with van der Waals surface area (Å²) in [6, 6.07) is 8.56. The number of hydrogen-bond acceptors (Lipinski definition) is 3. The van der Waals surface area contributed by atoms with E-state index in [1.54, 1.807) is 0 Å². The van der Waals surface area contributed by atoms with Gasteiger partial charge >= 0.3 is 0 Å². The molecule has 1 aromatic carbocycles. The maximum Gasteiger partial charge on any atom is 0.225 e. The third-order valence-corrected chi connectivity index (χ3v) is 7.53. The first-order valence-corrected chi connectivity index (χ1v) is 11.9. The summed E-state index contributed by atoms with van der Waals surface area (Å²) in [5.74, 6) is 1.69. The number of benzene rings is 1. The lowest BCUT2D eigenvalue weighted by molar-refractivity contribution is -0.139. The second-order valence-electron chi connectivity index (χ2n) is 9.46. The highest BCUT2D eigenvalue weighted by Gasteiger charge is 2.44. The van der Waals surface area contributed by atoms with Gasteiger partial charge in [0.1, 0.15) is 11.4 Å². The van der Waals surface area contributed by atoms with E-state index < -0.39 is 0 Å². The molecule has 1 N–H and O–H groups in total. The molecule has 2 aliphatic heterocycles. The van der Waals surface area contributed by atoms with Crippen LogP contribution >= 0.6 is 0 Å². The van der Waals surface area contributed by atoms with Gasteiger partial charge in [0.25, 0.3) is 0 Å². The van der Waals surface area contributed by atoms with Crippen LogP contribution in [-0.2, 0) is 9.59 Å². The molecule has 1 saturated heterocycles. The van der Waals surface area contributed by atoms with E-state index in [1.807, 2.05) is 23.1 Å². The monoisotopic (exact) mass is 412 g/mol. The van der Waals surface area contributed by atoms with Gasteiger partial charge in [0, 0.05) is 50.2 Å². The molecule has 2 heterocycles. The summed E-state index contributed by atoms with van der Waals surface area (Å²) in [5.41, 5.74) is 0.892. The number of carbonyl (C=O) groups excluding carboxylic acids is 2. The van der Waals surface area contributed by atoms with E-state index in [-0.39, 0.29) is 23.3 Å². The number of fused-ring (bicyclic) bond motifs is 1. The number of piperidine rings is 1. The van der Waals surface area contributed by atoms with Crippen LogP contribution in [0.15, 0.2) is 24.3 Å². The van der Waals surface area contributed by atoms with E-state index in [9.17, 15) is 9.59 Å². The first-order valence-electron chi connectivity index (χ1n) is 11.9. The van der Waals surface area contributed by atoms with Crippen LogP contribution in [0, 0.1) is 5.92 Å². The van der Waals surface area contributed by atoms with Crippen molar-refractivity contribution in [3.05, 3.63) is 29.8 Å². The highest BCUT2D eigenvalue weighted by atomic mass is 16.5. The predicted molar refractivity (Wildman–Crippen MR) is 117 cm³/mol. The average molecular weight is 413 g/mol. The number of nitrogens with zero attached hydrogens (tertiary/aromatic N) is 1. The molecular formula is C25H36N2O3. The van der Waals surface area contributed by atoms with Crippen LogP contribution in [0.4, 0.5) is 0 Å². The van der Waals surface area contributed by atoms with E-state index in [1.165, 1.54) is 6.42 Å². The Balaban J connectivity index is 1.44. The maximum absolute atomic E-state index is 12.8. The van der Waals surface area contributed by atoms with Crippen LogP contribution in [0.5, 0.6) is 5.75 Å². The zero-order valence-corrected chi connectivity index (χ0v) is 18.5. The van der Waals surface area contributed by atoms with Crippen molar-refractivity contribution in [1.29, 1.82) is 0 Å². The second-order valence-corrected chi connectivity index (χ2v) is 9.46. The van der Waals surface area contributed by atoms with Crippen LogP contribution in [0.1, 0.15) is 83.1 Å². The normalized spacial score (nSPS) is 22.9. The van der Waals surface area contributed by atoms with Gasteiger partial charge in [0.05, 0.1) is 0 Å². The molecule has 5 heteroatoms. The van der Waals surface area contributed by atoms with Gasteiger partial charge in [-0.25, -0.2) is 0 Å². The predicted octanol–water partition coefficient (Wildman–Crippen LogP) is 4.41. The lowest BCUT2D eigenvalue weighted by atomic mass is 9.76. The lowest BCUT2D eigenvalue weighted by Gasteiger charge is -2.47. The van der Waals surface area contributed by atoms with Crippen LogP contribution in [0.3, 0.4) is 0 Å². The largest absolute Gasteiger partial charge is 0.487 e. The molecule has 1 saturated carbocycles. The number of nitrogens with one attached hydrogen (secondary N) is 1. The van der Waals surface area contributed by atoms with Crippen LogP contribution < -0.4 is 10.1 Å². The van der Waals surface area contributed by atoms with Crippen LogP contribution in [0.2, 0.25) is 0 Å². The molecule has 1 spiro atoms. The van der Waals surface area contributed by atoms with Gasteiger partial charge in [-0.15, -0.1) is 0 Å². The van der Waals surface area contributed by atoms with Gasteiger partial charge in [-0.1, -0.05) is 32.0 Å². The van der Waals surface area contributed by atoms with Crippen molar-refractivity contribution in [3.63, 3.8) is 0 Å². The van der Waals surface area contributed by atoms with E-state index in [0.29, 0.717) is 18.4 Å². The first-order chi connectivity index (χ1) is 14.5. The number of amides is 2. The van der Waals surface area contributed by atoms with E-state index in [4.69, 9.17) is 4.74 Å². The molecule has 2 fully saturated rings. The first kappa shape index (κ1) is 21.2. The van der Waals surface area contributed by atoms with E-state index in [0.717, 1.165) is 69.3 Å². The summed E-state index contributed by atoms with van der Waals surface area (Å²) < 4.78 is 6.56. The number of ether oxygens (including phenoxy) is 1. The molecule has 5 nitrogen and oxygen atoms in total. The summed E-state index contributed by atoms with van der Waals surface area (Å²) in [4.78, 5) is 27.5. The van der Waals surface area contributed by atoms with Crippen molar-refractivity contribution in [2.45, 2.75) is 89.2 Å². The topological polar surface area (TPSA) is 58.6 Å². The third-order valence-electron chi connectivity index (χ3n) is 7.53. The Morgan fingerprint density at radius 2 is 1.87 bits per heavy atom. The van der Waals surface area contributed by atoms with Gasteiger partial charge in [-0.2, -0.15) is 0 Å². The van der Waals surface area contributed by atoms with Gasteiger partial charge in [0.15, 0.2) is 0 Å². The Labute approximate surface area is 180 Å². The van der Waals surface area contributed by atoms with Gasteiger partial charge in [0.2, 0.25) is 11.8 Å². The van der Waals surface area contributed by atoms with Crippen molar-refractivity contribution in [2.75, 3.05) is 13.1 Å². The van der Waals surface area contributed by atoms with Crippen molar-refractivity contribution in [1.82, 2.24) is 10.2 Å². The Morgan fingerprint density at radius 1 is 1.17 bits per heavy atom. The number of hydrogen-bond donors (Lipinski definition) is 1. The average Bonchev–Trinajstić information content (AvgIpc) is 2.72. The second kappa shape index (κ2) is 8.99. The Kier molecular flexibility index (Phi) is 6.35. The number of para-hydroxylation sites is 1. The maximum atomic E-state index is 12.8. The fourth-order valence-electron chi connectivity index (χ4n) is 5.33. The molecule has 1 unspecified atom stereocenters. The van der Waals surface area contributed by atoms with Crippen molar-refractivity contribution in [3.8, 4) is 5.75 Å². The van der Waals surface area contributed by atoms with Gasteiger partial charge in [-0.05, 0) is 50.2 Å². The summed E-state index contributed by atoms with van der Waals surface area (Å²) in [7, 11) is 0. The minimum absolute atomic E-state index is 0.134. The third kappa shape index (κ3) is 4.35. The molecule has 3 aliphatic rings. The molecule has 30 heavy (non-hydrogen) atoms. The zero-order chi connectivity index (χ0) is 21.1. The Bertz CT molecular complexity index is 761. The summed E-state index contributed by atoms with van der Waals surface area (Å²) in [6.07, 6.45) is 8.31. The minimum atomic E-state index is -0.263. The number of carbonyl (C=O) groups is 2. The lowest BCUT2D eigenvalue weighted by Crippen LogP contribution is -2.53. The molecule has 2 amide bonds. The molecular weight excluding hydrogens is 376 g/mol. The molecule has 4 rings (SSSR count). The fourth-order valence-corrected chi connectivity index (χ4v) is 5.33. The summed E-state index contributed by atoms with van der Waals surface area (Å²) >= 11 is 0. The van der Waals surface area contributed by atoms with E-state index >= 15 is 0 Å². The van der Waals surface area contributed by atoms with E-state index in [2.05, 4.69) is 25.2 Å². The summed E-state index contributed by atoms with van der Waals surface area (Å²) in [6.45, 7) is 5.69. The van der Waals surface area contributed by atoms with Gasteiger partial charge in [-0.3, -0.25) is 9.59 Å². The SMILES string of the molecule is CCC(CC)C(=O)N1CCC2(CC1)CC(CC(=O)NC1CCC1)c1ccccc1O2. The van der Waals surface area contributed by atoms with Gasteiger partial charge < -0.3 is 15.0 Å². The number of rotatable bonds is 6. The quantitative estimate of drug-likeness (QED) is 0.753. The smallest absolute Gasteiger partial charge is 0.225 e.